The lowest BCUT2D eigenvalue weighted by atomic mass is 9.77. The largest absolute Gasteiger partial charge is 0.573 e. The molecule has 0 bridgehead atoms. The fraction of sp³-hybridized carbons (Fsp3) is 0.571. The quantitative estimate of drug-likeness (QED) is 0.874. The van der Waals surface area contributed by atoms with Crippen LogP contribution in [0.15, 0.2) is 24.3 Å². The van der Waals surface area contributed by atoms with Crippen molar-refractivity contribution in [2.24, 2.45) is 5.92 Å². The standard InChI is InChI=1S/C14H18F3NO/c1-2-18-13(10-5-3-6-10)11-7-4-8-12(9-11)19-14(15,16)17/h4,7-10,13,18H,2-3,5-6H2,1H3. The zero-order chi connectivity index (χ0) is 13.9. The Balaban J connectivity index is 2.15. The Labute approximate surface area is 111 Å². The highest BCUT2D eigenvalue weighted by Crippen LogP contribution is 2.38. The van der Waals surface area contributed by atoms with Crippen LogP contribution in [0, 0.1) is 5.92 Å². The molecule has 0 saturated heterocycles. The topological polar surface area (TPSA) is 21.3 Å². The highest BCUT2D eigenvalue weighted by Gasteiger charge is 2.32. The van der Waals surface area contributed by atoms with Gasteiger partial charge in [-0.2, -0.15) is 0 Å². The maximum absolute atomic E-state index is 12.2. The van der Waals surface area contributed by atoms with E-state index in [1.165, 1.54) is 18.6 Å². The van der Waals surface area contributed by atoms with Crippen molar-refractivity contribution in [3.63, 3.8) is 0 Å². The predicted molar refractivity (Wildman–Crippen MR) is 66.9 cm³/mol. The van der Waals surface area contributed by atoms with E-state index in [0.717, 1.165) is 24.9 Å². The van der Waals surface area contributed by atoms with Crippen LogP contribution in [0.4, 0.5) is 13.2 Å². The van der Waals surface area contributed by atoms with Crippen LogP contribution in [0.25, 0.3) is 0 Å². The van der Waals surface area contributed by atoms with Gasteiger partial charge in [0, 0.05) is 6.04 Å². The average Bonchev–Trinajstić information content (AvgIpc) is 2.24. The molecule has 1 aliphatic rings. The lowest BCUT2D eigenvalue weighted by Gasteiger charge is -2.34. The number of hydrogen-bond donors (Lipinski definition) is 1. The van der Waals surface area contributed by atoms with Crippen molar-refractivity contribution in [3.8, 4) is 5.75 Å². The van der Waals surface area contributed by atoms with Crippen LogP contribution >= 0.6 is 0 Å². The van der Waals surface area contributed by atoms with Crippen LogP contribution in [0.5, 0.6) is 5.75 Å². The maximum atomic E-state index is 12.2. The van der Waals surface area contributed by atoms with E-state index in [2.05, 4.69) is 10.1 Å². The minimum atomic E-state index is -4.64. The molecule has 0 amide bonds. The van der Waals surface area contributed by atoms with E-state index in [4.69, 9.17) is 0 Å². The highest BCUT2D eigenvalue weighted by molar-refractivity contribution is 5.31. The number of ether oxygens (including phenoxy) is 1. The van der Waals surface area contributed by atoms with Crippen LogP contribution in [-0.4, -0.2) is 12.9 Å². The fourth-order valence-corrected chi connectivity index (χ4v) is 2.45. The summed E-state index contributed by atoms with van der Waals surface area (Å²) in [5.41, 5.74) is 0.869. The lowest BCUT2D eigenvalue weighted by molar-refractivity contribution is -0.274. The van der Waals surface area contributed by atoms with E-state index in [1.807, 2.05) is 13.0 Å². The molecule has 106 valence electrons. The summed E-state index contributed by atoms with van der Waals surface area (Å²) in [7, 11) is 0. The third kappa shape index (κ3) is 3.86. The van der Waals surface area contributed by atoms with Gasteiger partial charge in [0.1, 0.15) is 5.75 Å². The van der Waals surface area contributed by atoms with Gasteiger partial charge < -0.3 is 10.1 Å². The number of hydrogen-bond acceptors (Lipinski definition) is 2. The minimum Gasteiger partial charge on any atom is -0.406 e. The predicted octanol–water partition coefficient (Wildman–Crippen LogP) is 4.04. The molecule has 1 unspecified atom stereocenters. The monoisotopic (exact) mass is 273 g/mol. The smallest absolute Gasteiger partial charge is 0.406 e. The SMILES string of the molecule is CCNC(c1cccc(OC(F)(F)F)c1)C1CCC1. The second kappa shape index (κ2) is 5.82. The number of halogens is 3. The molecular formula is C14H18F3NO. The highest BCUT2D eigenvalue weighted by atomic mass is 19.4. The first-order chi connectivity index (χ1) is 8.99. The third-order valence-electron chi connectivity index (χ3n) is 3.50. The Morgan fingerprint density at radius 1 is 1.37 bits per heavy atom. The first-order valence-corrected chi connectivity index (χ1v) is 6.58. The zero-order valence-corrected chi connectivity index (χ0v) is 10.8. The Kier molecular flexibility index (Phi) is 4.34. The van der Waals surface area contributed by atoms with Gasteiger partial charge in [-0.25, -0.2) is 0 Å². The van der Waals surface area contributed by atoms with Crippen molar-refractivity contribution in [2.75, 3.05) is 6.54 Å². The van der Waals surface area contributed by atoms with Gasteiger partial charge >= 0.3 is 6.36 Å². The first-order valence-electron chi connectivity index (χ1n) is 6.58. The van der Waals surface area contributed by atoms with E-state index in [9.17, 15) is 13.2 Å². The molecule has 5 heteroatoms. The van der Waals surface area contributed by atoms with Gasteiger partial charge in [0.25, 0.3) is 0 Å². The number of nitrogens with one attached hydrogen (secondary N) is 1. The van der Waals surface area contributed by atoms with Crippen LogP contribution < -0.4 is 10.1 Å². The van der Waals surface area contributed by atoms with Crippen LogP contribution in [-0.2, 0) is 0 Å². The molecule has 2 rings (SSSR count). The summed E-state index contributed by atoms with van der Waals surface area (Å²) in [4.78, 5) is 0. The molecule has 19 heavy (non-hydrogen) atoms. The Hall–Kier alpha value is -1.23. The van der Waals surface area contributed by atoms with Gasteiger partial charge in [0.2, 0.25) is 0 Å². The average molecular weight is 273 g/mol. The number of rotatable bonds is 5. The van der Waals surface area contributed by atoms with Gasteiger partial charge in [-0.05, 0) is 43.0 Å². The van der Waals surface area contributed by atoms with E-state index in [1.54, 1.807) is 6.07 Å². The lowest BCUT2D eigenvalue weighted by Crippen LogP contribution is -2.32. The second-order valence-corrected chi connectivity index (χ2v) is 4.85. The third-order valence-corrected chi connectivity index (χ3v) is 3.50. The summed E-state index contributed by atoms with van der Waals surface area (Å²) < 4.78 is 40.6. The molecule has 1 saturated carbocycles. The van der Waals surface area contributed by atoms with Crippen molar-refractivity contribution in [3.05, 3.63) is 29.8 Å². The van der Waals surface area contributed by atoms with Gasteiger partial charge in [0.15, 0.2) is 0 Å². The molecular weight excluding hydrogens is 255 g/mol. The van der Waals surface area contributed by atoms with E-state index in [0.29, 0.717) is 5.92 Å². The van der Waals surface area contributed by atoms with Gasteiger partial charge in [-0.15, -0.1) is 13.2 Å². The summed E-state index contributed by atoms with van der Waals surface area (Å²) in [6.07, 6.45) is -1.18. The summed E-state index contributed by atoms with van der Waals surface area (Å²) in [6, 6.07) is 6.41. The van der Waals surface area contributed by atoms with Gasteiger partial charge in [0.05, 0.1) is 0 Å². The van der Waals surface area contributed by atoms with Crippen molar-refractivity contribution >= 4 is 0 Å². The van der Waals surface area contributed by atoms with Gasteiger partial charge in [-0.1, -0.05) is 25.5 Å². The minimum absolute atomic E-state index is 0.121. The van der Waals surface area contributed by atoms with Gasteiger partial charge in [-0.3, -0.25) is 0 Å². The van der Waals surface area contributed by atoms with Crippen molar-refractivity contribution in [2.45, 2.75) is 38.6 Å². The molecule has 0 aliphatic heterocycles. The number of alkyl halides is 3. The van der Waals surface area contributed by atoms with Crippen LogP contribution in [0.3, 0.4) is 0 Å². The van der Waals surface area contributed by atoms with Crippen LogP contribution in [0.2, 0.25) is 0 Å². The normalized spacial score (nSPS) is 17.9. The first kappa shape index (κ1) is 14.2. The molecule has 1 N–H and O–H groups in total. The summed E-state index contributed by atoms with van der Waals surface area (Å²) in [6.45, 7) is 2.80. The molecule has 2 nitrogen and oxygen atoms in total. The molecule has 0 spiro atoms. The molecule has 1 aromatic carbocycles. The molecule has 0 heterocycles. The maximum Gasteiger partial charge on any atom is 0.573 e. The molecule has 0 aromatic heterocycles. The van der Waals surface area contributed by atoms with Crippen LogP contribution in [0.1, 0.15) is 37.8 Å². The van der Waals surface area contributed by atoms with Crippen molar-refractivity contribution < 1.29 is 17.9 Å². The molecule has 1 aliphatic carbocycles. The second-order valence-electron chi connectivity index (χ2n) is 4.85. The van der Waals surface area contributed by atoms with Crippen molar-refractivity contribution in [1.29, 1.82) is 0 Å². The van der Waals surface area contributed by atoms with E-state index >= 15 is 0 Å². The Morgan fingerprint density at radius 2 is 2.11 bits per heavy atom. The molecule has 1 atom stereocenters. The summed E-state index contributed by atoms with van der Waals surface area (Å²) in [5.74, 6) is 0.369. The van der Waals surface area contributed by atoms with E-state index < -0.39 is 6.36 Å². The number of benzene rings is 1. The Morgan fingerprint density at radius 3 is 2.63 bits per heavy atom. The summed E-state index contributed by atoms with van der Waals surface area (Å²) in [5, 5.41) is 3.35. The zero-order valence-electron chi connectivity index (χ0n) is 10.8. The van der Waals surface area contributed by atoms with E-state index in [-0.39, 0.29) is 11.8 Å². The molecule has 1 aromatic rings. The molecule has 1 fully saturated rings. The molecule has 0 radical (unpaired) electrons. The van der Waals surface area contributed by atoms with Crippen molar-refractivity contribution in [1.82, 2.24) is 5.32 Å². The summed E-state index contributed by atoms with van der Waals surface area (Å²) >= 11 is 0. The fourth-order valence-electron chi connectivity index (χ4n) is 2.45. The Bertz CT molecular complexity index is 415.